The Morgan fingerprint density at radius 3 is 2.68 bits per heavy atom. The highest BCUT2D eigenvalue weighted by molar-refractivity contribution is 14.1. The van der Waals surface area contributed by atoms with E-state index in [1.54, 1.807) is 23.1 Å². The molecule has 0 bridgehead atoms. The first-order valence-corrected chi connectivity index (χ1v) is 14.1. The monoisotopic (exact) mass is 642 g/mol. The van der Waals surface area contributed by atoms with E-state index in [9.17, 15) is 24.6 Å². The lowest BCUT2D eigenvalue weighted by Gasteiger charge is -2.41. The number of amides is 2. The van der Waals surface area contributed by atoms with E-state index >= 15 is 0 Å². The molecule has 0 aliphatic heterocycles. The van der Waals surface area contributed by atoms with Gasteiger partial charge in [0.25, 0.3) is 0 Å². The average Bonchev–Trinajstić information content (AvgIpc) is 2.92. The van der Waals surface area contributed by atoms with Crippen molar-refractivity contribution in [3.05, 3.63) is 45.6 Å². The molecule has 1 aromatic rings. The van der Waals surface area contributed by atoms with E-state index < -0.39 is 24.2 Å². The molecule has 0 heterocycles. The minimum atomic E-state index is -1.13. The zero-order valence-corrected chi connectivity index (χ0v) is 24.3. The number of unbranched alkanes of at least 4 members (excludes halogenated alkanes) is 3. The van der Waals surface area contributed by atoms with Gasteiger partial charge in [-0.15, -0.1) is 6.58 Å². The van der Waals surface area contributed by atoms with Gasteiger partial charge < -0.3 is 29.9 Å². The highest BCUT2D eigenvalue weighted by atomic mass is 127. The quantitative estimate of drug-likeness (QED) is 0.109. The molecule has 210 valence electrons. The number of benzene rings is 1. The molecule has 0 aromatic heterocycles. The maximum Gasteiger partial charge on any atom is 0.247 e. The summed E-state index contributed by atoms with van der Waals surface area (Å²) < 4.78 is 12.3. The molecule has 9 nitrogen and oxygen atoms in total. The van der Waals surface area contributed by atoms with Crippen LogP contribution in [0.4, 0.5) is 0 Å². The summed E-state index contributed by atoms with van der Waals surface area (Å²) in [7, 11) is 1.45. The van der Waals surface area contributed by atoms with E-state index in [0.717, 1.165) is 25.7 Å². The van der Waals surface area contributed by atoms with Crippen molar-refractivity contribution in [2.45, 2.75) is 70.1 Å². The summed E-state index contributed by atoms with van der Waals surface area (Å²) in [6.07, 6.45) is 6.55. The van der Waals surface area contributed by atoms with Crippen LogP contribution in [0.15, 0.2) is 36.4 Å². The zero-order valence-electron chi connectivity index (χ0n) is 22.2. The molecule has 0 spiro atoms. The van der Waals surface area contributed by atoms with Crippen molar-refractivity contribution in [3.63, 3.8) is 0 Å². The van der Waals surface area contributed by atoms with Crippen LogP contribution >= 0.6 is 22.6 Å². The highest BCUT2D eigenvalue weighted by Gasteiger charge is 2.40. The second-order valence-electron chi connectivity index (χ2n) is 9.14. The summed E-state index contributed by atoms with van der Waals surface area (Å²) in [6.45, 7) is 6.13. The Bertz CT molecular complexity index is 998. The maximum absolute atomic E-state index is 13.3. The number of aliphatic hydroxyl groups is 2. The van der Waals surface area contributed by atoms with Crippen molar-refractivity contribution in [1.82, 2.24) is 10.2 Å². The lowest BCUT2D eigenvalue weighted by molar-refractivity contribution is -0.138. The second-order valence-corrected chi connectivity index (χ2v) is 10.3. The molecule has 38 heavy (non-hydrogen) atoms. The van der Waals surface area contributed by atoms with Crippen LogP contribution in [0.25, 0.3) is 0 Å². The van der Waals surface area contributed by atoms with Crippen molar-refractivity contribution in [3.8, 4) is 11.5 Å². The van der Waals surface area contributed by atoms with Gasteiger partial charge in [-0.3, -0.25) is 14.4 Å². The van der Waals surface area contributed by atoms with E-state index in [4.69, 9.17) is 9.47 Å². The molecular formula is C28H39IN2O7. The first kappa shape index (κ1) is 31.8. The summed E-state index contributed by atoms with van der Waals surface area (Å²) in [5, 5.41) is 23.3. The Kier molecular flexibility index (Phi) is 13.8. The lowest BCUT2D eigenvalue weighted by atomic mass is 9.87. The molecule has 2 rings (SSSR count). The molecule has 3 atom stereocenters. The van der Waals surface area contributed by atoms with Gasteiger partial charge in [0.2, 0.25) is 11.8 Å². The van der Waals surface area contributed by atoms with Gasteiger partial charge in [-0.2, -0.15) is 0 Å². The number of carbonyl (C=O) groups excluding carboxylic acids is 3. The maximum atomic E-state index is 13.3. The molecule has 0 unspecified atom stereocenters. The first-order chi connectivity index (χ1) is 18.3. The molecule has 3 N–H and O–H groups in total. The Morgan fingerprint density at radius 2 is 2.05 bits per heavy atom. The molecule has 1 aliphatic rings. The van der Waals surface area contributed by atoms with Crippen LogP contribution in [0, 0.1) is 3.57 Å². The Morgan fingerprint density at radius 1 is 1.29 bits per heavy atom. The number of aldehydes is 1. The van der Waals surface area contributed by atoms with Gasteiger partial charge in [0, 0.05) is 37.1 Å². The number of halogens is 1. The predicted octanol–water partition coefficient (Wildman–Crippen LogP) is 3.40. The normalized spacial score (nSPS) is 18.8. The fourth-order valence-corrected chi connectivity index (χ4v) is 5.14. The molecule has 0 radical (unpaired) electrons. The summed E-state index contributed by atoms with van der Waals surface area (Å²) in [4.78, 5) is 39.2. The van der Waals surface area contributed by atoms with E-state index in [1.165, 1.54) is 13.2 Å². The van der Waals surface area contributed by atoms with Crippen LogP contribution < -0.4 is 14.8 Å². The van der Waals surface area contributed by atoms with Crippen molar-refractivity contribution in [2.24, 2.45) is 0 Å². The molecule has 0 fully saturated rings. The van der Waals surface area contributed by atoms with E-state index in [-0.39, 0.29) is 31.9 Å². The first-order valence-electron chi connectivity index (χ1n) is 13.0. The Labute approximate surface area is 238 Å². The average molecular weight is 643 g/mol. The van der Waals surface area contributed by atoms with E-state index in [1.807, 2.05) is 22.6 Å². The number of allylic oxidation sites excluding steroid dienone is 1. The Balaban J connectivity index is 2.46. The third-order valence-electron chi connectivity index (χ3n) is 6.39. The number of ether oxygens (including phenoxy) is 2. The fourth-order valence-electron chi connectivity index (χ4n) is 4.39. The zero-order chi connectivity index (χ0) is 28.1. The second kappa shape index (κ2) is 16.5. The van der Waals surface area contributed by atoms with Gasteiger partial charge in [-0.05, 0) is 53.6 Å². The number of carbonyl (C=O) groups is 3. The number of methoxy groups -OCH3 is 1. The van der Waals surface area contributed by atoms with Crippen LogP contribution in [-0.2, 0) is 9.59 Å². The lowest BCUT2D eigenvalue weighted by Crippen LogP contribution is -2.55. The van der Waals surface area contributed by atoms with Crippen LogP contribution in [0.5, 0.6) is 11.5 Å². The van der Waals surface area contributed by atoms with E-state index in [2.05, 4.69) is 18.8 Å². The predicted molar refractivity (Wildman–Crippen MR) is 153 cm³/mol. The van der Waals surface area contributed by atoms with Crippen molar-refractivity contribution in [2.75, 3.05) is 26.8 Å². The molecule has 1 aliphatic carbocycles. The molecule has 0 saturated carbocycles. The minimum absolute atomic E-state index is 0.0762. The van der Waals surface area contributed by atoms with Crippen molar-refractivity contribution < 1.29 is 34.1 Å². The van der Waals surface area contributed by atoms with Gasteiger partial charge in [-0.1, -0.05) is 32.3 Å². The number of nitrogens with zero attached hydrogens (tertiary/aromatic N) is 1. The van der Waals surface area contributed by atoms with Gasteiger partial charge in [0.15, 0.2) is 11.5 Å². The van der Waals surface area contributed by atoms with Crippen LogP contribution in [0.3, 0.4) is 0 Å². The smallest absolute Gasteiger partial charge is 0.247 e. The molecule has 1 aromatic carbocycles. The molecular weight excluding hydrogens is 603 g/mol. The standard InChI is InChI=1S/C28H39IN2O7/c1-4-6-8-9-12-31(25(34)10-7-5-2)22-16-20(28(36)30-11-13-32)17-23(26(22)35)38-27-21(29)14-19(18-33)15-24(27)37-3/h5,14-15,17-18,22-23,26,32,35H,2,4,6-13,16H2,1,3H3,(H,30,36)/t22-,23+,26+/m1/s1. The molecule has 10 heteroatoms. The minimum Gasteiger partial charge on any atom is -0.493 e. The molecule has 2 amide bonds. The third-order valence-corrected chi connectivity index (χ3v) is 7.19. The van der Waals surface area contributed by atoms with Crippen LogP contribution in [0.2, 0.25) is 0 Å². The number of hydrogen-bond acceptors (Lipinski definition) is 7. The highest BCUT2D eigenvalue weighted by Crippen LogP contribution is 2.37. The number of hydrogen-bond donors (Lipinski definition) is 3. The summed E-state index contributed by atoms with van der Waals surface area (Å²) in [5.74, 6) is 0.115. The molecule has 0 saturated heterocycles. The largest absolute Gasteiger partial charge is 0.493 e. The number of rotatable bonds is 16. The van der Waals surface area contributed by atoms with Crippen LogP contribution in [-0.4, -0.2) is 78.3 Å². The Hall–Kier alpha value is -2.44. The van der Waals surface area contributed by atoms with Gasteiger partial charge >= 0.3 is 0 Å². The third kappa shape index (κ3) is 8.81. The fraction of sp³-hybridized carbons (Fsp3) is 0.536. The number of aliphatic hydroxyl groups excluding tert-OH is 2. The SMILES string of the molecule is C=CCCC(=O)N(CCCCCC)[C@@H]1CC(C(=O)NCCO)=C[C@H](Oc2c(I)cc(C=O)cc2OC)[C@H]1O. The van der Waals surface area contributed by atoms with Crippen molar-refractivity contribution >= 4 is 40.7 Å². The van der Waals surface area contributed by atoms with Gasteiger partial charge in [0.1, 0.15) is 18.5 Å². The van der Waals surface area contributed by atoms with Crippen molar-refractivity contribution in [1.29, 1.82) is 0 Å². The van der Waals surface area contributed by atoms with Gasteiger partial charge in [0.05, 0.1) is 23.3 Å². The topological polar surface area (TPSA) is 125 Å². The number of nitrogens with one attached hydrogen (secondary N) is 1. The summed E-state index contributed by atoms with van der Waals surface area (Å²) >= 11 is 2.02. The van der Waals surface area contributed by atoms with Crippen LogP contribution in [0.1, 0.15) is 62.2 Å². The summed E-state index contributed by atoms with van der Waals surface area (Å²) in [6, 6.07) is 2.47. The van der Waals surface area contributed by atoms with E-state index in [0.29, 0.717) is 45.5 Å². The summed E-state index contributed by atoms with van der Waals surface area (Å²) in [5.41, 5.74) is 0.763. The van der Waals surface area contributed by atoms with Gasteiger partial charge in [-0.25, -0.2) is 0 Å².